The molecule has 0 bridgehead atoms. The summed E-state index contributed by atoms with van der Waals surface area (Å²) in [5.41, 5.74) is 3.32. The molecule has 3 aromatic rings. The number of aromatic nitrogens is 1. The van der Waals surface area contributed by atoms with E-state index >= 15 is 0 Å². The van der Waals surface area contributed by atoms with Crippen molar-refractivity contribution < 1.29 is 14.5 Å². The maximum absolute atomic E-state index is 12.2. The summed E-state index contributed by atoms with van der Waals surface area (Å²) in [6.45, 7) is 0.395. The Morgan fingerprint density at radius 2 is 2.04 bits per heavy atom. The van der Waals surface area contributed by atoms with Gasteiger partial charge in [-0.05, 0) is 35.9 Å². The average molecular weight is 401 g/mol. The molecule has 0 fully saturated rings. The number of benzene rings is 2. The summed E-state index contributed by atoms with van der Waals surface area (Å²) in [5, 5.41) is 12.8. The number of hydrogen-bond donors (Lipinski definition) is 0. The molecule has 1 aromatic heterocycles. The molecule has 2 aromatic carbocycles. The first kappa shape index (κ1) is 18.8. The van der Waals surface area contributed by atoms with E-state index in [9.17, 15) is 14.9 Å². The molecule has 0 saturated carbocycles. The van der Waals surface area contributed by atoms with Gasteiger partial charge in [0.25, 0.3) is 5.69 Å². The lowest BCUT2D eigenvalue weighted by atomic mass is 10.1. The average Bonchev–Trinajstić information content (AvgIpc) is 3.19. The summed E-state index contributed by atoms with van der Waals surface area (Å²) >= 11 is 7.27. The van der Waals surface area contributed by atoms with Crippen molar-refractivity contribution in [2.45, 2.75) is 6.61 Å². The molecule has 8 heteroatoms. The van der Waals surface area contributed by atoms with E-state index in [1.165, 1.54) is 35.6 Å². The van der Waals surface area contributed by atoms with Gasteiger partial charge in [-0.2, -0.15) is 0 Å². The third-order valence-electron chi connectivity index (χ3n) is 3.60. The van der Waals surface area contributed by atoms with Crippen molar-refractivity contribution in [3.05, 3.63) is 91.4 Å². The van der Waals surface area contributed by atoms with Gasteiger partial charge in [0.2, 0.25) is 0 Å². The molecule has 0 aliphatic carbocycles. The SMILES string of the molecule is O=C(/C=C/c1ccc(OCc2cscn2)cc1)c1ccc(Cl)c([N+](=O)[O-])c1. The summed E-state index contributed by atoms with van der Waals surface area (Å²) in [5.74, 6) is 0.346. The molecule has 0 spiro atoms. The van der Waals surface area contributed by atoms with E-state index in [0.717, 1.165) is 11.3 Å². The highest BCUT2D eigenvalue weighted by Gasteiger charge is 2.15. The first-order valence-corrected chi connectivity index (χ1v) is 9.11. The van der Waals surface area contributed by atoms with Crippen molar-refractivity contribution in [2.24, 2.45) is 0 Å². The summed E-state index contributed by atoms with van der Waals surface area (Å²) in [4.78, 5) is 26.7. The molecule has 0 amide bonds. The smallest absolute Gasteiger partial charge is 0.288 e. The number of ether oxygens (including phenoxy) is 1. The minimum absolute atomic E-state index is 0.00577. The van der Waals surface area contributed by atoms with E-state index in [2.05, 4.69) is 4.98 Å². The quantitative estimate of drug-likeness (QED) is 0.236. The Morgan fingerprint density at radius 1 is 1.26 bits per heavy atom. The van der Waals surface area contributed by atoms with Gasteiger partial charge in [0, 0.05) is 17.0 Å². The van der Waals surface area contributed by atoms with Crippen molar-refractivity contribution in [1.29, 1.82) is 0 Å². The van der Waals surface area contributed by atoms with Crippen LogP contribution in [0, 0.1) is 10.1 Å². The number of halogens is 1. The van der Waals surface area contributed by atoms with E-state index < -0.39 is 4.92 Å². The van der Waals surface area contributed by atoms with Crippen molar-refractivity contribution in [2.75, 3.05) is 0 Å². The normalized spacial score (nSPS) is 10.9. The Labute approximate surface area is 163 Å². The minimum atomic E-state index is -0.618. The predicted molar refractivity (Wildman–Crippen MR) is 104 cm³/mol. The van der Waals surface area contributed by atoms with Crippen LogP contribution in [-0.4, -0.2) is 15.7 Å². The molecular weight excluding hydrogens is 388 g/mol. The van der Waals surface area contributed by atoms with Crippen LogP contribution in [0.15, 0.2) is 59.4 Å². The molecule has 136 valence electrons. The van der Waals surface area contributed by atoms with E-state index in [1.807, 2.05) is 17.5 Å². The molecule has 1 heterocycles. The molecule has 0 aliphatic heterocycles. The lowest BCUT2D eigenvalue weighted by molar-refractivity contribution is -0.384. The fraction of sp³-hybridized carbons (Fsp3) is 0.0526. The van der Waals surface area contributed by atoms with E-state index in [1.54, 1.807) is 23.7 Å². The molecule has 0 unspecified atom stereocenters. The molecule has 0 radical (unpaired) electrons. The second-order valence-electron chi connectivity index (χ2n) is 5.46. The van der Waals surface area contributed by atoms with Gasteiger partial charge in [-0.25, -0.2) is 4.98 Å². The zero-order valence-electron chi connectivity index (χ0n) is 13.9. The standard InChI is InChI=1S/C19H13ClN2O4S/c20-17-7-4-14(9-18(17)22(24)25)19(23)8-3-13-1-5-16(6-2-13)26-10-15-11-27-12-21-15/h1-9,11-12H,10H2/b8-3+. The highest BCUT2D eigenvalue weighted by atomic mass is 35.5. The molecule has 27 heavy (non-hydrogen) atoms. The number of thiazole rings is 1. The zero-order valence-corrected chi connectivity index (χ0v) is 15.4. The molecule has 0 aliphatic rings. The first-order valence-electron chi connectivity index (χ1n) is 7.79. The van der Waals surface area contributed by atoms with Gasteiger partial charge in [-0.1, -0.05) is 29.8 Å². The van der Waals surface area contributed by atoms with E-state index in [0.29, 0.717) is 12.4 Å². The Morgan fingerprint density at radius 3 is 2.70 bits per heavy atom. The number of rotatable bonds is 7. The number of ketones is 1. The zero-order chi connectivity index (χ0) is 19.2. The second kappa shape index (κ2) is 8.57. The number of nitro groups is 1. The number of allylic oxidation sites excluding steroid dienone is 1. The predicted octanol–water partition coefficient (Wildman–Crippen LogP) is 5.18. The van der Waals surface area contributed by atoms with Gasteiger partial charge in [0.15, 0.2) is 5.78 Å². The Bertz CT molecular complexity index is 985. The molecule has 6 nitrogen and oxygen atoms in total. The Hall–Kier alpha value is -3.03. The maximum atomic E-state index is 12.2. The van der Waals surface area contributed by atoms with Crippen LogP contribution in [0.5, 0.6) is 5.75 Å². The maximum Gasteiger partial charge on any atom is 0.288 e. The van der Waals surface area contributed by atoms with E-state index in [-0.39, 0.29) is 22.1 Å². The highest BCUT2D eigenvalue weighted by molar-refractivity contribution is 7.07. The first-order chi connectivity index (χ1) is 13.0. The Balaban J connectivity index is 1.64. The lowest BCUT2D eigenvalue weighted by Crippen LogP contribution is -1.97. The monoisotopic (exact) mass is 400 g/mol. The van der Waals surface area contributed by atoms with Gasteiger partial charge < -0.3 is 4.74 Å². The fourth-order valence-corrected chi connectivity index (χ4v) is 2.94. The molecule has 0 atom stereocenters. The largest absolute Gasteiger partial charge is 0.487 e. The highest BCUT2D eigenvalue weighted by Crippen LogP contribution is 2.25. The topological polar surface area (TPSA) is 82.3 Å². The minimum Gasteiger partial charge on any atom is -0.487 e. The van der Waals surface area contributed by atoms with Gasteiger partial charge in [-0.15, -0.1) is 11.3 Å². The van der Waals surface area contributed by atoms with Gasteiger partial charge in [0.05, 0.1) is 16.1 Å². The summed E-state index contributed by atoms with van der Waals surface area (Å²) in [6, 6.07) is 11.2. The number of carbonyl (C=O) groups excluding carboxylic acids is 1. The number of nitro benzene ring substituents is 1. The van der Waals surface area contributed by atoms with Crippen LogP contribution >= 0.6 is 22.9 Å². The van der Waals surface area contributed by atoms with Crippen molar-refractivity contribution in [3.63, 3.8) is 0 Å². The summed E-state index contributed by atoms with van der Waals surface area (Å²) in [6.07, 6.45) is 2.99. The number of hydrogen-bond acceptors (Lipinski definition) is 6. The van der Waals surface area contributed by atoms with Crippen LogP contribution in [0.2, 0.25) is 5.02 Å². The van der Waals surface area contributed by atoms with Crippen LogP contribution in [0.1, 0.15) is 21.6 Å². The lowest BCUT2D eigenvalue weighted by Gasteiger charge is -2.04. The van der Waals surface area contributed by atoms with Crippen molar-refractivity contribution in [1.82, 2.24) is 4.98 Å². The third-order valence-corrected chi connectivity index (χ3v) is 4.56. The van der Waals surface area contributed by atoms with Crippen LogP contribution in [0.3, 0.4) is 0 Å². The summed E-state index contributed by atoms with van der Waals surface area (Å²) in [7, 11) is 0. The second-order valence-corrected chi connectivity index (χ2v) is 6.58. The number of nitrogens with zero attached hydrogens (tertiary/aromatic N) is 2. The molecule has 0 saturated heterocycles. The van der Waals surface area contributed by atoms with Crippen LogP contribution in [0.4, 0.5) is 5.69 Å². The molecule has 3 rings (SSSR count). The summed E-state index contributed by atoms with van der Waals surface area (Å²) < 4.78 is 5.62. The van der Waals surface area contributed by atoms with Crippen LogP contribution < -0.4 is 4.74 Å². The molecule has 0 N–H and O–H groups in total. The van der Waals surface area contributed by atoms with E-state index in [4.69, 9.17) is 16.3 Å². The van der Waals surface area contributed by atoms with Crippen LogP contribution in [0.25, 0.3) is 6.08 Å². The third kappa shape index (κ3) is 4.99. The number of carbonyl (C=O) groups is 1. The Kier molecular flexibility index (Phi) is 5.95. The molecular formula is C19H13ClN2O4S. The van der Waals surface area contributed by atoms with Gasteiger partial charge >= 0.3 is 0 Å². The van der Waals surface area contributed by atoms with Gasteiger partial charge in [0.1, 0.15) is 17.4 Å². The van der Waals surface area contributed by atoms with Crippen molar-refractivity contribution >= 4 is 40.5 Å². The fourth-order valence-electron chi connectivity index (χ4n) is 2.22. The van der Waals surface area contributed by atoms with Crippen LogP contribution in [-0.2, 0) is 6.61 Å². The van der Waals surface area contributed by atoms with Crippen molar-refractivity contribution in [3.8, 4) is 5.75 Å². The van der Waals surface area contributed by atoms with Gasteiger partial charge in [-0.3, -0.25) is 14.9 Å².